The van der Waals surface area contributed by atoms with Crippen LogP contribution in [-0.2, 0) is 16.0 Å². The van der Waals surface area contributed by atoms with Gasteiger partial charge in [-0.3, -0.25) is 4.79 Å². The minimum atomic E-state index is -4.87. The zero-order valence-electron chi connectivity index (χ0n) is 21.5. The Balaban J connectivity index is 0.000000191. The average Bonchev–Trinajstić information content (AvgIpc) is 3.39. The number of halogens is 3. The number of sulfone groups is 1. The lowest BCUT2D eigenvalue weighted by Crippen LogP contribution is -2.25. The van der Waals surface area contributed by atoms with Crippen molar-refractivity contribution in [2.75, 3.05) is 0 Å². The molecule has 5 N–H and O–H groups in total. The van der Waals surface area contributed by atoms with Gasteiger partial charge in [0.15, 0.2) is 5.96 Å². The second-order valence-electron chi connectivity index (χ2n) is 9.06. The van der Waals surface area contributed by atoms with E-state index in [1.807, 2.05) is 31.2 Å². The summed E-state index contributed by atoms with van der Waals surface area (Å²) in [7, 11) is -3.89. The van der Waals surface area contributed by atoms with Crippen molar-refractivity contribution in [2.24, 2.45) is 16.5 Å². The Morgan fingerprint density at radius 3 is 2.20 bits per heavy atom. The van der Waals surface area contributed by atoms with Crippen molar-refractivity contribution in [1.29, 1.82) is 0 Å². The van der Waals surface area contributed by atoms with Gasteiger partial charge in [-0.25, -0.2) is 13.2 Å². The van der Waals surface area contributed by atoms with Crippen LogP contribution in [-0.4, -0.2) is 31.4 Å². The molecule has 0 saturated heterocycles. The number of hydrogen-bond acceptors (Lipinski definition) is 5. The number of aryl methyl sites for hydroxylation is 1. The third kappa shape index (κ3) is 6.00. The number of amides is 1. The van der Waals surface area contributed by atoms with Gasteiger partial charge in [-0.2, -0.15) is 18.2 Å². The first-order valence-electron chi connectivity index (χ1n) is 11.7. The molecule has 0 atom stereocenters. The van der Waals surface area contributed by atoms with E-state index in [9.17, 15) is 31.2 Å². The smallest absolute Gasteiger partial charge is 0.417 e. The van der Waals surface area contributed by atoms with E-state index in [0.29, 0.717) is 17.7 Å². The predicted molar refractivity (Wildman–Crippen MR) is 151 cm³/mol. The van der Waals surface area contributed by atoms with Crippen molar-refractivity contribution < 1.29 is 36.3 Å². The second kappa shape index (κ2) is 10.8. The number of carbonyl (C=O) groups is 2. The Morgan fingerprint density at radius 1 is 0.951 bits per heavy atom. The number of carbonyl (C=O) groups excluding carboxylic acids is 1. The maximum atomic E-state index is 13.1. The molecule has 1 aliphatic heterocycles. The lowest BCUT2D eigenvalue weighted by Gasteiger charge is -2.13. The molecule has 2 heterocycles. The number of nitrogens with two attached hydrogens (primary N) is 2. The maximum Gasteiger partial charge on any atom is 0.417 e. The first kappa shape index (κ1) is 29.5. The highest BCUT2D eigenvalue weighted by Gasteiger charge is 2.39. The lowest BCUT2D eigenvalue weighted by atomic mass is 9.99. The summed E-state index contributed by atoms with van der Waals surface area (Å²) < 4.78 is 64.1. The summed E-state index contributed by atoms with van der Waals surface area (Å²) in [4.78, 5) is 25.6. The van der Waals surface area contributed by atoms with Crippen molar-refractivity contribution in [2.45, 2.75) is 24.9 Å². The molecule has 1 amide bonds. The lowest BCUT2D eigenvalue weighted by molar-refractivity contribution is -0.138. The van der Waals surface area contributed by atoms with Crippen LogP contribution in [0.3, 0.4) is 0 Å². The molecule has 0 fully saturated rings. The maximum absolute atomic E-state index is 13.1. The average molecular weight is 602 g/mol. The zero-order chi connectivity index (χ0) is 30.3. The molecule has 0 saturated carbocycles. The van der Waals surface area contributed by atoms with E-state index in [0.717, 1.165) is 26.6 Å². The monoisotopic (exact) mass is 601 g/mol. The van der Waals surface area contributed by atoms with Crippen LogP contribution in [0.5, 0.6) is 0 Å². The van der Waals surface area contributed by atoms with Crippen LogP contribution >= 0.6 is 11.3 Å². The molecule has 5 rings (SSSR count). The molecule has 212 valence electrons. The second-order valence-corrected chi connectivity index (χ2v) is 11.7. The van der Waals surface area contributed by atoms with Crippen molar-refractivity contribution in [3.63, 3.8) is 0 Å². The van der Waals surface area contributed by atoms with Crippen LogP contribution < -0.4 is 11.5 Å². The Labute approximate surface area is 236 Å². The summed E-state index contributed by atoms with van der Waals surface area (Å²) in [5.41, 5.74) is 11.3. The predicted octanol–water partition coefficient (Wildman–Crippen LogP) is 5.84. The molecule has 0 unspecified atom stereocenters. The number of carboxylic acids is 1. The van der Waals surface area contributed by atoms with E-state index in [1.54, 1.807) is 17.4 Å². The molecule has 1 aromatic heterocycles. The molecular weight excluding hydrogens is 579 g/mol. The Kier molecular flexibility index (Phi) is 7.78. The van der Waals surface area contributed by atoms with E-state index in [1.165, 1.54) is 12.5 Å². The van der Waals surface area contributed by atoms with Crippen LogP contribution in [0.4, 0.5) is 13.2 Å². The summed E-state index contributed by atoms with van der Waals surface area (Å²) in [6.07, 6.45) is -4.87. The van der Waals surface area contributed by atoms with Gasteiger partial charge in [-0.1, -0.05) is 30.3 Å². The number of aromatic carboxylic acids is 1. The van der Waals surface area contributed by atoms with E-state index in [4.69, 9.17) is 16.6 Å². The van der Waals surface area contributed by atoms with Crippen LogP contribution in [0.15, 0.2) is 75.3 Å². The number of guanidine groups is 1. The summed E-state index contributed by atoms with van der Waals surface area (Å²) in [6.45, 7) is 3.20. The van der Waals surface area contributed by atoms with Crippen LogP contribution in [0.25, 0.3) is 26.8 Å². The van der Waals surface area contributed by atoms with Crippen LogP contribution in [0.1, 0.15) is 44.3 Å². The standard InChI is InChI=1S/C16H12O2S.C12H10F3N3O3S/c1-10-7-13-14(11-5-3-2-4-6-11)9-19-15(13)8-12(10)16(17)18;1-5-4-22(20,21)9-3-7(10(19)18-11(16)17)8(2-6(5)9)12(13,14)15/h2-9H,1H3,(H,17,18);2-4H,1H3,(H4,16,17,18,19). The number of hydrogen-bond donors (Lipinski definition) is 3. The summed E-state index contributed by atoms with van der Waals surface area (Å²) in [6, 6.07) is 15.2. The quantitative estimate of drug-likeness (QED) is 0.197. The molecule has 4 aromatic rings. The molecule has 41 heavy (non-hydrogen) atoms. The number of carboxylic acid groups (broad SMARTS) is 1. The molecular formula is C28H22F3N3O5S2. The largest absolute Gasteiger partial charge is 0.478 e. The van der Waals surface area contributed by atoms with Gasteiger partial charge in [0, 0.05) is 21.1 Å². The fraction of sp³-hybridized carbons (Fsp3) is 0.107. The topological polar surface area (TPSA) is 153 Å². The van der Waals surface area contributed by atoms with Gasteiger partial charge in [0.05, 0.1) is 21.6 Å². The number of alkyl halides is 3. The third-order valence-corrected chi connectivity index (χ3v) is 8.75. The molecule has 1 aliphatic rings. The van der Waals surface area contributed by atoms with Crippen molar-refractivity contribution >= 4 is 54.7 Å². The highest BCUT2D eigenvalue weighted by Crippen LogP contribution is 2.41. The first-order valence-corrected chi connectivity index (χ1v) is 14.2. The zero-order valence-corrected chi connectivity index (χ0v) is 23.1. The normalized spacial score (nSPS) is 13.5. The van der Waals surface area contributed by atoms with Crippen LogP contribution in [0, 0.1) is 6.92 Å². The van der Waals surface area contributed by atoms with Crippen molar-refractivity contribution in [3.8, 4) is 11.1 Å². The van der Waals surface area contributed by atoms with E-state index in [-0.39, 0.29) is 16.0 Å². The number of aliphatic imine (C=N–C) groups is 1. The summed E-state index contributed by atoms with van der Waals surface area (Å²) >= 11 is 1.59. The number of fused-ring (bicyclic) bond motifs is 2. The van der Waals surface area contributed by atoms with Gasteiger partial charge in [0.1, 0.15) is 0 Å². The van der Waals surface area contributed by atoms with Gasteiger partial charge < -0.3 is 16.6 Å². The van der Waals surface area contributed by atoms with Gasteiger partial charge in [0.25, 0.3) is 5.91 Å². The van der Waals surface area contributed by atoms with Gasteiger partial charge in [-0.05, 0) is 65.8 Å². The number of nitrogens with zero attached hydrogens (tertiary/aromatic N) is 1. The Hall–Kier alpha value is -4.49. The number of allylic oxidation sites excluding steroid dienone is 1. The molecule has 0 bridgehead atoms. The first-order chi connectivity index (χ1) is 19.1. The SMILES string of the molecule is CC1=CS(=O)(=O)c2cc(C(=O)N=C(N)N)c(C(F)(F)F)cc21.Cc1cc2c(-c3ccccc3)csc2cc1C(=O)O. The van der Waals surface area contributed by atoms with Gasteiger partial charge in [0.2, 0.25) is 9.84 Å². The van der Waals surface area contributed by atoms with Gasteiger partial charge >= 0.3 is 12.1 Å². The molecule has 8 nitrogen and oxygen atoms in total. The van der Waals surface area contributed by atoms with Gasteiger partial charge in [-0.15, -0.1) is 11.3 Å². The minimum Gasteiger partial charge on any atom is -0.478 e. The fourth-order valence-electron chi connectivity index (χ4n) is 4.33. The van der Waals surface area contributed by atoms with Crippen LogP contribution in [0.2, 0.25) is 0 Å². The fourth-order valence-corrected chi connectivity index (χ4v) is 6.84. The minimum absolute atomic E-state index is 0.103. The third-order valence-electron chi connectivity index (χ3n) is 6.19. The highest BCUT2D eigenvalue weighted by molar-refractivity contribution is 7.95. The summed E-state index contributed by atoms with van der Waals surface area (Å²) in [5.74, 6) is -2.96. The van der Waals surface area contributed by atoms with E-state index < -0.39 is 45.0 Å². The summed E-state index contributed by atoms with van der Waals surface area (Å²) in [5, 5.41) is 13.2. The number of thiophene rings is 1. The molecule has 13 heteroatoms. The molecule has 0 radical (unpaired) electrons. The Morgan fingerprint density at radius 2 is 1.61 bits per heavy atom. The number of benzene rings is 3. The van der Waals surface area contributed by atoms with E-state index in [2.05, 4.69) is 22.5 Å². The molecule has 0 spiro atoms. The highest BCUT2D eigenvalue weighted by atomic mass is 32.2. The number of rotatable bonds is 3. The molecule has 3 aromatic carbocycles. The molecule has 0 aliphatic carbocycles. The Bertz CT molecular complexity index is 1870. The van der Waals surface area contributed by atoms with Crippen molar-refractivity contribution in [1.82, 2.24) is 0 Å². The van der Waals surface area contributed by atoms with E-state index >= 15 is 0 Å². The van der Waals surface area contributed by atoms with Crippen molar-refractivity contribution in [3.05, 3.63) is 93.2 Å².